The van der Waals surface area contributed by atoms with Crippen LogP contribution < -0.4 is 4.74 Å². The summed E-state index contributed by atoms with van der Waals surface area (Å²) >= 11 is 0. The Morgan fingerprint density at radius 2 is 1.69 bits per heavy atom. The maximum absolute atomic E-state index is 5.58. The molecule has 1 aromatic rings. The largest absolute Gasteiger partial charge is 0.497 e. The van der Waals surface area contributed by atoms with Gasteiger partial charge in [-0.2, -0.15) is 0 Å². The fraction of sp³-hybridized carbons (Fsp3) is 0.571. The molecular weight excluding hydrogens is 200 g/mol. The smallest absolute Gasteiger partial charge is 0.118 e. The third kappa shape index (κ3) is 2.38. The Morgan fingerprint density at radius 1 is 1.00 bits per heavy atom. The molecule has 0 N–H and O–H groups in total. The second-order valence-electron chi connectivity index (χ2n) is 4.44. The fourth-order valence-corrected chi connectivity index (χ4v) is 2.61. The van der Waals surface area contributed by atoms with E-state index in [1.54, 1.807) is 7.11 Å². The number of ether oxygens (including phenoxy) is 2. The van der Waals surface area contributed by atoms with E-state index in [1.165, 1.54) is 31.2 Å². The summed E-state index contributed by atoms with van der Waals surface area (Å²) in [4.78, 5) is 0. The highest BCUT2D eigenvalue weighted by atomic mass is 16.5. The average Bonchev–Trinajstić information content (AvgIpc) is 2.39. The Kier molecular flexibility index (Phi) is 3.83. The topological polar surface area (TPSA) is 18.5 Å². The molecule has 2 heteroatoms. The van der Waals surface area contributed by atoms with Crippen LogP contribution in [-0.2, 0) is 4.74 Å². The third-order valence-corrected chi connectivity index (χ3v) is 3.55. The Balaban J connectivity index is 2.14. The zero-order valence-electron chi connectivity index (χ0n) is 10.1. The van der Waals surface area contributed by atoms with Crippen LogP contribution in [0.4, 0.5) is 0 Å². The molecule has 1 fully saturated rings. The van der Waals surface area contributed by atoms with Gasteiger partial charge in [-0.15, -0.1) is 0 Å². The lowest BCUT2D eigenvalue weighted by Gasteiger charge is -2.30. The number of methoxy groups -OCH3 is 2. The highest BCUT2D eigenvalue weighted by Gasteiger charge is 2.26. The van der Waals surface area contributed by atoms with E-state index in [0.29, 0.717) is 12.0 Å². The quantitative estimate of drug-likeness (QED) is 0.777. The van der Waals surface area contributed by atoms with E-state index < -0.39 is 0 Å². The average molecular weight is 220 g/mol. The minimum absolute atomic E-state index is 0.391. The molecule has 0 bridgehead atoms. The Labute approximate surface area is 97.6 Å². The van der Waals surface area contributed by atoms with Gasteiger partial charge in [-0.05, 0) is 30.5 Å². The molecule has 0 spiro atoms. The molecule has 0 aliphatic heterocycles. The van der Waals surface area contributed by atoms with Crippen LogP contribution in [0.5, 0.6) is 5.75 Å². The zero-order chi connectivity index (χ0) is 11.4. The molecule has 16 heavy (non-hydrogen) atoms. The van der Waals surface area contributed by atoms with E-state index >= 15 is 0 Å². The highest BCUT2D eigenvalue weighted by molar-refractivity contribution is 5.30. The van der Waals surface area contributed by atoms with Crippen molar-refractivity contribution in [3.8, 4) is 5.75 Å². The Bertz CT molecular complexity index is 318. The molecule has 0 aromatic heterocycles. The van der Waals surface area contributed by atoms with Crippen LogP contribution in [0.2, 0.25) is 0 Å². The monoisotopic (exact) mass is 220 g/mol. The fourth-order valence-electron chi connectivity index (χ4n) is 2.61. The summed E-state index contributed by atoms with van der Waals surface area (Å²) in [7, 11) is 3.53. The normalized spacial score (nSPS) is 25.4. The molecule has 0 unspecified atom stereocenters. The molecule has 1 aliphatic rings. The standard InChI is InChI=1S/C14H20O2/c1-15-12-9-7-11(8-10-12)13-5-3-4-6-14(13)16-2/h7-10,13-14H,3-6H2,1-2H3/t13-,14+/m0/s1. The summed E-state index contributed by atoms with van der Waals surface area (Å²) < 4.78 is 10.8. The maximum atomic E-state index is 5.58. The van der Waals surface area contributed by atoms with Crippen molar-refractivity contribution in [1.29, 1.82) is 0 Å². The van der Waals surface area contributed by atoms with E-state index in [-0.39, 0.29) is 0 Å². The van der Waals surface area contributed by atoms with E-state index in [2.05, 4.69) is 12.1 Å². The maximum Gasteiger partial charge on any atom is 0.118 e. The van der Waals surface area contributed by atoms with Crippen LogP contribution in [0.3, 0.4) is 0 Å². The molecule has 0 radical (unpaired) electrons. The summed E-state index contributed by atoms with van der Waals surface area (Å²) in [6.07, 6.45) is 5.43. The first-order chi connectivity index (χ1) is 7.85. The second kappa shape index (κ2) is 5.35. The molecule has 2 atom stereocenters. The lowest BCUT2D eigenvalue weighted by molar-refractivity contribution is 0.0523. The molecule has 1 saturated carbocycles. The van der Waals surface area contributed by atoms with E-state index in [9.17, 15) is 0 Å². The van der Waals surface area contributed by atoms with Gasteiger partial charge in [0.1, 0.15) is 5.75 Å². The van der Waals surface area contributed by atoms with Crippen LogP contribution in [0.1, 0.15) is 37.2 Å². The Morgan fingerprint density at radius 3 is 2.31 bits per heavy atom. The summed E-state index contributed by atoms with van der Waals surface area (Å²) in [6.45, 7) is 0. The van der Waals surface area contributed by atoms with Gasteiger partial charge in [0.15, 0.2) is 0 Å². The Hall–Kier alpha value is -1.02. The number of hydrogen-bond donors (Lipinski definition) is 0. The minimum atomic E-state index is 0.391. The summed E-state index contributed by atoms with van der Waals surface area (Å²) in [5, 5.41) is 0. The molecule has 2 nitrogen and oxygen atoms in total. The summed E-state index contributed by atoms with van der Waals surface area (Å²) in [6, 6.07) is 8.41. The predicted octanol–water partition coefficient (Wildman–Crippen LogP) is 3.37. The number of rotatable bonds is 3. The van der Waals surface area contributed by atoms with E-state index in [1.807, 2.05) is 19.2 Å². The van der Waals surface area contributed by atoms with Gasteiger partial charge in [0.05, 0.1) is 13.2 Å². The van der Waals surface area contributed by atoms with Gasteiger partial charge < -0.3 is 9.47 Å². The molecule has 1 aromatic carbocycles. The molecule has 0 heterocycles. The first-order valence-electron chi connectivity index (χ1n) is 6.02. The highest BCUT2D eigenvalue weighted by Crippen LogP contribution is 2.35. The zero-order valence-corrected chi connectivity index (χ0v) is 10.1. The van der Waals surface area contributed by atoms with Crippen molar-refractivity contribution < 1.29 is 9.47 Å². The SMILES string of the molecule is COc1ccc([C@@H]2CCCC[C@H]2OC)cc1. The molecule has 0 amide bonds. The predicted molar refractivity (Wildman–Crippen MR) is 65.0 cm³/mol. The van der Waals surface area contributed by atoms with Crippen molar-refractivity contribution in [2.24, 2.45) is 0 Å². The van der Waals surface area contributed by atoms with Crippen LogP contribution in [-0.4, -0.2) is 20.3 Å². The second-order valence-corrected chi connectivity index (χ2v) is 4.44. The number of hydrogen-bond acceptors (Lipinski definition) is 2. The first kappa shape index (κ1) is 11.5. The van der Waals surface area contributed by atoms with Crippen LogP contribution in [0.25, 0.3) is 0 Å². The molecule has 2 rings (SSSR count). The molecule has 1 aliphatic carbocycles. The summed E-state index contributed by atoms with van der Waals surface area (Å²) in [5.41, 5.74) is 1.38. The van der Waals surface area contributed by atoms with Crippen molar-refractivity contribution in [2.45, 2.75) is 37.7 Å². The van der Waals surface area contributed by atoms with Gasteiger partial charge in [-0.25, -0.2) is 0 Å². The van der Waals surface area contributed by atoms with Crippen molar-refractivity contribution in [3.05, 3.63) is 29.8 Å². The van der Waals surface area contributed by atoms with Gasteiger partial charge >= 0.3 is 0 Å². The van der Waals surface area contributed by atoms with Gasteiger partial charge in [0.25, 0.3) is 0 Å². The molecule has 0 saturated heterocycles. The van der Waals surface area contributed by atoms with E-state index in [4.69, 9.17) is 9.47 Å². The van der Waals surface area contributed by atoms with Gasteiger partial charge in [-0.3, -0.25) is 0 Å². The van der Waals surface area contributed by atoms with E-state index in [0.717, 1.165) is 5.75 Å². The van der Waals surface area contributed by atoms with Crippen LogP contribution >= 0.6 is 0 Å². The van der Waals surface area contributed by atoms with Crippen molar-refractivity contribution in [1.82, 2.24) is 0 Å². The summed E-state index contributed by atoms with van der Waals surface area (Å²) in [5.74, 6) is 1.48. The van der Waals surface area contributed by atoms with Gasteiger partial charge in [-0.1, -0.05) is 25.0 Å². The third-order valence-electron chi connectivity index (χ3n) is 3.55. The lowest BCUT2D eigenvalue weighted by Crippen LogP contribution is -2.24. The van der Waals surface area contributed by atoms with Crippen LogP contribution in [0.15, 0.2) is 24.3 Å². The van der Waals surface area contributed by atoms with Gasteiger partial charge in [0.2, 0.25) is 0 Å². The van der Waals surface area contributed by atoms with Crippen molar-refractivity contribution >= 4 is 0 Å². The minimum Gasteiger partial charge on any atom is -0.497 e. The van der Waals surface area contributed by atoms with Crippen LogP contribution in [0, 0.1) is 0 Å². The first-order valence-corrected chi connectivity index (χ1v) is 6.02. The number of benzene rings is 1. The molecule has 88 valence electrons. The van der Waals surface area contributed by atoms with Crippen molar-refractivity contribution in [2.75, 3.05) is 14.2 Å². The molecular formula is C14H20O2. The van der Waals surface area contributed by atoms with Gasteiger partial charge in [0, 0.05) is 13.0 Å². The van der Waals surface area contributed by atoms with Crippen molar-refractivity contribution in [3.63, 3.8) is 0 Å². The lowest BCUT2D eigenvalue weighted by atomic mass is 9.81.